The lowest BCUT2D eigenvalue weighted by Crippen LogP contribution is -2.59. The molecule has 3 heterocycles. The van der Waals surface area contributed by atoms with E-state index in [0.717, 1.165) is 6.42 Å². The number of hydrogen-bond acceptors (Lipinski definition) is 4. The normalized spacial score (nSPS) is 26.9. The van der Waals surface area contributed by atoms with E-state index >= 15 is 0 Å². The minimum Gasteiger partial charge on any atom is -0.379 e. The Morgan fingerprint density at radius 3 is 2.89 bits per heavy atom. The highest BCUT2D eigenvalue weighted by molar-refractivity contribution is 6.33. The first kappa shape index (κ1) is 12.8. The van der Waals surface area contributed by atoms with Gasteiger partial charge in [-0.3, -0.25) is 9.78 Å². The molecule has 1 spiro atoms. The van der Waals surface area contributed by atoms with Crippen molar-refractivity contribution in [1.82, 2.24) is 9.88 Å². The maximum atomic E-state index is 12.7. The molecule has 0 saturated carbocycles. The average molecular weight is 283 g/mol. The standard InChI is InChI=1S/C13H15ClN2O3/c14-11-7-15-3-1-10(11)12(17)16-4-6-19-9-13(16)2-5-18-8-13/h1,3,7H,2,4-6,8-9H2. The molecule has 1 aromatic heterocycles. The number of carbonyl (C=O) groups is 1. The molecule has 5 nitrogen and oxygen atoms in total. The van der Waals surface area contributed by atoms with Crippen LogP contribution in [0.15, 0.2) is 18.5 Å². The van der Waals surface area contributed by atoms with Crippen molar-refractivity contribution in [2.24, 2.45) is 0 Å². The molecule has 102 valence electrons. The minimum atomic E-state index is -0.331. The van der Waals surface area contributed by atoms with Gasteiger partial charge in [0.15, 0.2) is 0 Å². The molecule has 2 aliphatic heterocycles. The number of morpholine rings is 1. The van der Waals surface area contributed by atoms with Gasteiger partial charge in [0.05, 0.1) is 35.9 Å². The summed E-state index contributed by atoms with van der Waals surface area (Å²) >= 11 is 6.06. The summed E-state index contributed by atoms with van der Waals surface area (Å²) in [6.45, 7) is 2.84. The van der Waals surface area contributed by atoms with Gasteiger partial charge in [0.25, 0.3) is 5.91 Å². The van der Waals surface area contributed by atoms with Crippen LogP contribution >= 0.6 is 11.6 Å². The predicted molar refractivity (Wildman–Crippen MR) is 69.3 cm³/mol. The quantitative estimate of drug-likeness (QED) is 0.781. The van der Waals surface area contributed by atoms with Crippen LogP contribution in [-0.2, 0) is 9.47 Å². The molecule has 0 bridgehead atoms. The molecular weight excluding hydrogens is 268 g/mol. The third-order valence-corrected chi connectivity index (χ3v) is 4.03. The topological polar surface area (TPSA) is 51.7 Å². The summed E-state index contributed by atoms with van der Waals surface area (Å²) in [7, 11) is 0. The van der Waals surface area contributed by atoms with Crippen molar-refractivity contribution in [3.05, 3.63) is 29.0 Å². The van der Waals surface area contributed by atoms with E-state index in [0.29, 0.717) is 43.6 Å². The Balaban J connectivity index is 1.91. The SMILES string of the molecule is O=C(c1ccncc1Cl)N1CCOCC12CCOC2. The van der Waals surface area contributed by atoms with Gasteiger partial charge in [-0.2, -0.15) is 0 Å². The maximum absolute atomic E-state index is 12.7. The highest BCUT2D eigenvalue weighted by atomic mass is 35.5. The molecule has 2 aliphatic rings. The van der Waals surface area contributed by atoms with Crippen LogP contribution < -0.4 is 0 Å². The molecule has 2 saturated heterocycles. The smallest absolute Gasteiger partial charge is 0.256 e. The molecule has 0 radical (unpaired) electrons. The van der Waals surface area contributed by atoms with E-state index in [9.17, 15) is 4.79 Å². The van der Waals surface area contributed by atoms with Crippen molar-refractivity contribution < 1.29 is 14.3 Å². The number of amides is 1. The van der Waals surface area contributed by atoms with Crippen molar-refractivity contribution in [1.29, 1.82) is 0 Å². The summed E-state index contributed by atoms with van der Waals surface area (Å²) in [4.78, 5) is 18.4. The molecule has 0 aliphatic carbocycles. The van der Waals surface area contributed by atoms with Crippen LogP contribution in [-0.4, -0.2) is 54.3 Å². The third kappa shape index (κ3) is 2.22. The first-order valence-electron chi connectivity index (χ1n) is 6.30. The molecule has 0 aromatic carbocycles. The summed E-state index contributed by atoms with van der Waals surface area (Å²) in [5, 5.41) is 0.382. The molecule has 0 N–H and O–H groups in total. The van der Waals surface area contributed by atoms with E-state index in [1.165, 1.54) is 6.20 Å². The van der Waals surface area contributed by atoms with Gasteiger partial charge in [-0.1, -0.05) is 11.6 Å². The van der Waals surface area contributed by atoms with Gasteiger partial charge in [-0.05, 0) is 12.5 Å². The van der Waals surface area contributed by atoms with E-state index in [1.54, 1.807) is 12.3 Å². The zero-order valence-electron chi connectivity index (χ0n) is 10.5. The Morgan fingerprint density at radius 1 is 1.37 bits per heavy atom. The highest BCUT2D eigenvalue weighted by Gasteiger charge is 2.45. The van der Waals surface area contributed by atoms with Crippen molar-refractivity contribution >= 4 is 17.5 Å². The first-order valence-corrected chi connectivity index (χ1v) is 6.68. The summed E-state index contributed by atoms with van der Waals surface area (Å²) < 4.78 is 11.0. The summed E-state index contributed by atoms with van der Waals surface area (Å²) in [5.41, 5.74) is 0.159. The lowest BCUT2D eigenvalue weighted by atomic mass is 9.95. The number of pyridine rings is 1. The van der Waals surface area contributed by atoms with Crippen LogP contribution in [0, 0.1) is 0 Å². The molecule has 1 unspecified atom stereocenters. The number of nitrogens with zero attached hydrogens (tertiary/aromatic N) is 2. The average Bonchev–Trinajstić information content (AvgIpc) is 2.88. The lowest BCUT2D eigenvalue weighted by Gasteiger charge is -2.43. The van der Waals surface area contributed by atoms with Crippen LogP contribution in [0.3, 0.4) is 0 Å². The van der Waals surface area contributed by atoms with E-state index in [4.69, 9.17) is 21.1 Å². The van der Waals surface area contributed by atoms with Gasteiger partial charge >= 0.3 is 0 Å². The number of aromatic nitrogens is 1. The molecule has 2 fully saturated rings. The van der Waals surface area contributed by atoms with Gasteiger partial charge in [-0.15, -0.1) is 0 Å². The second-order valence-electron chi connectivity index (χ2n) is 4.89. The first-order chi connectivity index (χ1) is 9.23. The van der Waals surface area contributed by atoms with Crippen LogP contribution in [0.25, 0.3) is 0 Å². The Labute approximate surface area is 116 Å². The van der Waals surface area contributed by atoms with E-state index in [1.807, 2.05) is 4.90 Å². The van der Waals surface area contributed by atoms with Crippen molar-refractivity contribution in [2.75, 3.05) is 33.0 Å². The Kier molecular flexibility index (Phi) is 3.43. The highest BCUT2D eigenvalue weighted by Crippen LogP contribution is 2.31. The lowest BCUT2D eigenvalue weighted by molar-refractivity contribution is -0.0550. The van der Waals surface area contributed by atoms with Crippen LogP contribution in [0.5, 0.6) is 0 Å². The van der Waals surface area contributed by atoms with Crippen LogP contribution in [0.1, 0.15) is 16.8 Å². The minimum absolute atomic E-state index is 0.0683. The zero-order chi connectivity index (χ0) is 13.3. The molecule has 3 rings (SSSR count). The summed E-state index contributed by atoms with van der Waals surface area (Å²) in [6, 6.07) is 1.66. The number of halogens is 1. The summed E-state index contributed by atoms with van der Waals surface area (Å²) in [6.07, 6.45) is 3.88. The van der Waals surface area contributed by atoms with Gasteiger partial charge in [0.2, 0.25) is 0 Å². The second-order valence-corrected chi connectivity index (χ2v) is 5.30. The fourth-order valence-electron chi connectivity index (χ4n) is 2.67. The van der Waals surface area contributed by atoms with Gasteiger partial charge in [0.1, 0.15) is 0 Å². The Bertz CT molecular complexity index is 489. The fourth-order valence-corrected chi connectivity index (χ4v) is 2.87. The number of hydrogen-bond donors (Lipinski definition) is 0. The number of ether oxygens (including phenoxy) is 2. The van der Waals surface area contributed by atoms with Gasteiger partial charge in [0, 0.05) is 25.5 Å². The number of rotatable bonds is 1. The van der Waals surface area contributed by atoms with E-state index in [2.05, 4.69) is 4.98 Å². The zero-order valence-corrected chi connectivity index (χ0v) is 11.2. The third-order valence-electron chi connectivity index (χ3n) is 3.73. The molecule has 6 heteroatoms. The molecule has 1 atom stereocenters. The van der Waals surface area contributed by atoms with E-state index in [-0.39, 0.29) is 11.4 Å². The van der Waals surface area contributed by atoms with Crippen LogP contribution in [0.4, 0.5) is 0 Å². The van der Waals surface area contributed by atoms with Crippen molar-refractivity contribution in [2.45, 2.75) is 12.0 Å². The summed E-state index contributed by atoms with van der Waals surface area (Å²) in [5.74, 6) is -0.0683. The van der Waals surface area contributed by atoms with Crippen molar-refractivity contribution in [3.8, 4) is 0 Å². The van der Waals surface area contributed by atoms with Gasteiger partial charge < -0.3 is 14.4 Å². The molecule has 19 heavy (non-hydrogen) atoms. The van der Waals surface area contributed by atoms with E-state index < -0.39 is 0 Å². The second kappa shape index (κ2) is 5.07. The maximum Gasteiger partial charge on any atom is 0.256 e. The molecular formula is C13H15ClN2O3. The molecule has 1 aromatic rings. The predicted octanol–water partition coefficient (Wildman–Crippen LogP) is 1.37. The van der Waals surface area contributed by atoms with Crippen LogP contribution in [0.2, 0.25) is 5.02 Å². The van der Waals surface area contributed by atoms with Crippen molar-refractivity contribution in [3.63, 3.8) is 0 Å². The van der Waals surface area contributed by atoms with Gasteiger partial charge in [-0.25, -0.2) is 0 Å². The fraction of sp³-hybridized carbons (Fsp3) is 0.538. The largest absolute Gasteiger partial charge is 0.379 e. The Hall–Kier alpha value is -1.17. The number of carbonyl (C=O) groups excluding carboxylic acids is 1. The Morgan fingerprint density at radius 2 is 2.16 bits per heavy atom. The molecule has 1 amide bonds. The monoisotopic (exact) mass is 282 g/mol.